The van der Waals surface area contributed by atoms with Crippen LogP contribution in [-0.4, -0.2) is 37.2 Å². The summed E-state index contributed by atoms with van der Waals surface area (Å²) in [6.45, 7) is 1.39. The summed E-state index contributed by atoms with van der Waals surface area (Å²) in [5.41, 5.74) is -0.364. The fraction of sp³-hybridized carbons (Fsp3) is 0.889. The van der Waals surface area contributed by atoms with Crippen molar-refractivity contribution in [2.75, 3.05) is 12.1 Å². The number of alkyl halides is 1. The summed E-state index contributed by atoms with van der Waals surface area (Å²) in [4.78, 5) is 11.6. The van der Waals surface area contributed by atoms with E-state index in [0.29, 0.717) is 5.88 Å². The quantitative estimate of drug-likeness (QED) is 0.750. The van der Waals surface area contributed by atoms with E-state index < -0.39 is 21.0 Å². The van der Waals surface area contributed by atoms with Crippen molar-refractivity contribution in [3.63, 3.8) is 0 Å². The lowest BCUT2D eigenvalue weighted by Crippen LogP contribution is -2.57. The first kappa shape index (κ1) is 12.8. The van der Waals surface area contributed by atoms with Gasteiger partial charge in [-0.2, -0.15) is 0 Å². The highest BCUT2D eigenvalue weighted by molar-refractivity contribution is 7.92. The van der Waals surface area contributed by atoms with Gasteiger partial charge in [-0.05, 0) is 26.2 Å². The lowest BCUT2D eigenvalue weighted by atomic mass is 9.78. The molecule has 1 aliphatic carbocycles. The van der Waals surface area contributed by atoms with E-state index in [1.54, 1.807) is 0 Å². The normalized spacial score (nSPS) is 21.5. The van der Waals surface area contributed by atoms with Crippen LogP contribution < -0.4 is 5.32 Å². The van der Waals surface area contributed by atoms with E-state index in [9.17, 15) is 13.2 Å². The van der Waals surface area contributed by atoms with Gasteiger partial charge < -0.3 is 5.32 Å². The van der Waals surface area contributed by atoms with Gasteiger partial charge in [-0.1, -0.05) is 0 Å². The van der Waals surface area contributed by atoms with E-state index in [0.717, 1.165) is 25.5 Å². The molecule has 6 heteroatoms. The molecule has 0 aromatic heterocycles. The standard InChI is InChI=1S/C9H16ClNO3S/c1-7(15(2,13)14)8(12)11-9(6-10)4-3-5-9/h7H,3-6H2,1-2H3,(H,11,12). The molecule has 1 saturated carbocycles. The minimum atomic E-state index is -3.32. The number of nitrogens with one attached hydrogen (secondary N) is 1. The van der Waals surface area contributed by atoms with Crippen LogP contribution in [0.4, 0.5) is 0 Å². The zero-order valence-corrected chi connectivity index (χ0v) is 10.5. The van der Waals surface area contributed by atoms with Crippen LogP contribution in [0.2, 0.25) is 0 Å². The van der Waals surface area contributed by atoms with Crippen LogP contribution in [-0.2, 0) is 14.6 Å². The molecule has 0 bridgehead atoms. The van der Waals surface area contributed by atoms with E-state index in [4.69, 9.17) is 11.6 Å². The Bertz CT molecular complexity index is 343. The number of carbonyl (C=O) groups excluding carboxylic acids is 1. The van der Waals surface area contributed by atoms with Crippen LogP contribution in [0.15, 0.2) is 0 Å². The minimum absolute atomic E-state index is 0.342. The molecule has 1 N–H and O–H groups in total. The maximum atomic E-state index is 11.6. The number of sulfone groups is 1. The second kappa shape index (κ2) is 4.29. The number of halogens is 1. The van der Waals surface area contributed by atoms with Gasteiger partial charge in [0.1, 0.15) is 5.25 Å². The predicted molar refractivity (Wildman–Crippen MR) is 59.8 cm³/mol. The van der Waals surface area contributed by atoms with Crippen LogP contribution in [0.25, 0.3) is 0 Å². The van der Waals surface area contributed by atoms with Crippen molar-refractivity contribution >= 4 is 27.3 Å². The Hall–Kier alpha value is -0.290. The number of hydrogen-bond donors (Lipinski definition) is 1. The summed E-state index contributed by atoms with van der Waals surface area (Å²) in [7, 11) is -3.32. The van der Waals surface area contributed by atoms with E-state index >= 15 is 0 Å². The molecule has 1 rings (SSSR count). The lowest BCUT2D eigenvalue weighted by Gasteiger charge is -2.41. The molecule has 1 aliphatic rings. The Morgan fingerprint density at radius 3 is 2.33 bits per heavy atom. The number of amides is 1. The first-order valence-electron chi connectivity index (χ1n) is 4.88. The third-order valence-electron chi connectivity index (χ3n) is 2.97. The minimum Gasteiger partial charge on any atom is -0.348 e. The van der Waals surface area contributed by atoms with Crippen LogP contribution >= 0.6 is 11.6 Å². The molecule has 0 heterocycles. The molecule has 88 valence electrons. The topological polar surface area (TPSA) is 63.2 Å². The van der Waals surface area contributed by atoms with Crippen LogP contribution in [0.1, 0.15) is 26.2 Å². The molecule has 0 spiro atoms. The fourth-order valence-electron chi connectivity index (χ4n) is 1.45. The Balaban J connectivity index is 2.63. The second-order valence-electron chi connectivity index (χ2n) is 4.23. The maximum absolute atomic E-state index is 11.6. The van der Waals surface area contributed by atoms with Gasteiger partial charge in [0, 0.05) is 12.1 Å². The molecule has 0 aliphatic heterocycles. The number of hydrogen-bond acceptors (Lipinski definition) is 3. The van der Waals surface area contributed by atoms with Gasteiger partial charge in [0.2, 0.25) is 5.91 Å². The van der Waals surface area contributed by atoms with E-state index in [1.165, 1.54) is 6.92 Å². The average molecular weight is 254 g/mol. The first-order valence-corrected chi connectivity index (χ1v) is 7.36. The molecule has 0 aromatic rings. The van der Waals surface area contributed by atoms with Crippen LogP contribution in [0.5, 0.6) is 0 Å². The molecule has 0 saturated heterocycles. The Kier molecular flexibility index (Phi) is 3.66. The SMILES string of the molecule is CC(C(=O)NC1(CCl)CCC1)S(C)(=O)=O. The monoisotopic (exact) mass is 253 g/mol. The van der Waals surface area contributed by atoms with Gasteiger partial charge in [-0.25, -0.2) is 8.42 Å². The Morgan fingerprint density at radius 1 is 1.53 bits per heavy atom. The fourth-order valence-corrected chi connectivity index (χ4v) is 2.23. The second-order valence-corrected chi connectivity index (χ2v) is 6.86. The van der Waals surface area contributed by atoms with Gasteiger partial charge in [0.15, 0.2) is 9.84 Å². The highest BCUT2D eigenvalue weighted by Crippen LogP contribution is 2.33. The third kappa shape index (κ3) is 2.84. The largest absolute Gasteiger partial charge is 0.348 e. The van der Waals surface area contributed by atoms with Crippen molar-refractivity contribution in [2.45, 2.75) is 37.0 Å². The Morgan fingerprint density at radius 2 is 2.07 bits per heavy atom. The van der Waals surface area contributed by atoms with E-state index in [-0.39, 0.29) is 5.54 Å². The smallest absolute Gasteiger partial charge is 0.238 e. The van der Waals surface area contributed by atoms with Crippen molar-refractivity contribution in [1.82, 2.24) is 5.32 Å². The number of rotatable bonds is 4. The highest BCUT2D eigenvalue weighted by Gasteiger charge is 2.39. The molecule has 15 heavy (non-hydrogen) atoms. The molecule has 1 amide bonds. The molecule has 1 atom stereocenters. The van der Waals surface area contributed by atoms with E-state index in [2.05, 4.69) is 5.32 Å². The van der Waals surface area contributed by atoms with Crippen LogP contribution in [0, 0.1) is 0 Å². The summed E-state index contributed by atoms with van der Waals surface area (Å²) >= 11 is 5.76. The van der Waals surface area contributed by atoms with Crippen molar-refractivity contribution < 1.29 is 13.2 Å². The molecule has 0 aromatic carbocycles. The molecule has 1 fully saturated rings. The van der Waals surface area contributed by atoms with Gasteiger partial charge in [0.05, 0.1) is 5.54 Å². The zero-order chi connectivity index (χ0) is 11.7. The summed E-state index contributed by atoms with van der Waals surface area (Å²) in [5, 5.41) is 1.73. The summed E-state index contributed by atoms with van der Waals surface area (Å²) in [6.07, 6.45) is 3.75. The highest BCUT2D eigenvalue weighted by atomic mass is 35.5. The summed E-state index contributed by atoms with van der Waals surface area (Å²) < 4.78 is 22.3. The van der Waals surface area contributed by atoms with Gasteiger partial charge in [-0.3, -0.25) is 4.79 Å². The molecular formula is C9H16ClNO3S. The Labute approximate surface area is 95.3 Å². The maximum Gasteiger partial charge on any atom is 0.238 e. The third-order valence-corrected chi connectivity index (χ3v) is 4.98. The van der Waals surface area contributed by atoms with Gasteiger partial charge >= 0.3 is 0 Å². The predicted octanol–water partition coefficient (Wildman–Crippen LogP) is 0.697. The average Bonchev–Trinajstić information content (AvgIpc) is 2.08. The van der Waals surface area contributed by atoms with Gasteiger partial charge in [-0.15, -0.1) is 11.6 Å². The van der Waals surface area contributed by atoms with Crippen LogP contribution in [0.3, 0.4) is 0 Å². The van der Waals surface area contributed by atoms with Crippen molar-refractivity contribution in [3.05, 3.63) is 0 Å². The zero-order valence-electron chi connectivity index (χ0n) is 8.92. The van der Waals surface area contributed by atoms with E-state index in [1.807, 2.05) is 0 Å². The molecule has 4 nitrogen and oxygen atoms in total. The van der Waals surface area contributed by atoms with Crippen molar-refractivity contribution in [3.8, 4) is 0 Å². The molecule has 1 unspecified atom stereocenters. The summed E-state index contributed by atoms with van der Waals surface area (Å²) in [5.74, 6) is -0.104. The number of carbonyl (C=O) groups is 1. The first-order chi connectivity index (χ1) is 6.81. The summed E-state index contributed by atoms with van der Waals surface area (Å²) in [6, 6.07) is 0. The van der Waals surface area contributed by atoms with Gasteiger partial charge in [0.25, 0.3) is 0 Å². The van der Waals surface area contributed by atoms with Crippen molar-refractivity contribution in [1.29, 1.82) is 0 Å². The lowest BCUT2D eigenvalue weighted by molar-refractivity contribution is -0.123. The molecule has 0 radical (unpaired) electrons. The van der Waals surface area contributed by atoms with Crippen molar-refractivity contribution in [2.24, 2.45) is 0 Å². The molecular weight excluding hydrogens is 238 g/mol.